The number of nitrogens with zero attached hydrogens (tertiary/aromatic N) is 2. The largest absolute Gasteiger partial charge is 0.478 e. The number of hydrogen-bond donors (Lipinski definition) is 2. The van der Waals surface area contributed by atoms with Crippen molar-refractivity contribution in [3.8, 4) is 5.88 Å². The van der Waals surface area contributed by atoms with Crippen LogP contribution in [0.15, 0.2) is 6.07 Å². The predicted octanol–water partition coefficient (Wildman–Crippen LogP) is 0.860. The molecule has 6 nitrogen and oxygen atoms in total. The lowest BCUT2D eigenvalue weighted by Gasteiger charge is -2.23. The Hall–Kier alpha value is -1.85. The van der Waals surface area contributed by atoms with E-state index < -0.39 is 11.4 Å². The lowest BCUT2D eigenvalue weighted by molar-refractivity contribution is -0.121. The summed E-state index contributed by atoms with van der Waals surface area (Å²) in [5.74, 6) is 1.11. The number of carbonyl (C=O) groups is 1. The zero-order chi connectivity index (χ0) is 13.1. The van der Waals surface area contributed by atoms with E-state index in [1.807, 2.05) is 6.92 Å². The summed E-state index contributed by atoms with van der Waals surface area (Å²) in [6.07, 6.45) is 0. The number of hydrogen-bond acceptors (Lipinski definition) is 5. The number of nitrogens with two attached hydrogens (primary N) is 1. The highest BCUT2D eigenvalue weighted by molar-refractivity contribution is 5.86. The maximum Gasteiger partial charge on any atom is 0.242 e. The monoisotopic (exact) mass is 238 g/mol. The van der Waals surface area contributed by atoms with Crippen LogP contribution in [0.3, 0.4) is 0 Å². The molecule has 0 aromatic carbocycles. The van der Waals surface area contributed by atoms with Gasteiger partial charge in [0.15, 0.2) is 0 Å². The van der Waals surface area contributed by atoms with Gasteiger partial charge in [0.05, 0.1) is 6.61 Å². The minimum absolute atomic E-state index is 0.452. The van der Waals surface area contributed by atoms with E-state index in [1.165, 1.54) is 0 Å². The van der Waals surface area contributed by atoms with E-state index in [4.69, 9.17) is 10.5 Å². The molecule has 1 aromatic rings. The first-order valence-corrected chi connectivity index (χ1v) is 5.41. The van der Waals surface area contributed by atoms with Crippen LogP contribution in [-0.4, -0.2) is 28.0 Å². The molecule has 0 aliphatic carbocycles. The molecule has 94 valence electrons. The first-order valence-electron chi connectivity index (χ1n) is 5.41. The zero-order valence-corrected chi connectivity index (χ0v) is 10.6. The molecule has 0 spiro atoms. The second kappa shape index (κ2) is 4.99. The molecule has 0 radical (unpaired) electrons. The van der Waals surface area contributed by atoms with Crippen LogP contribution in [0.25, 0.3) is 0 Å². The Bertz CT molecular complexity index is 418. The summed E-state index contributed by atoms with van der Waals surface area (Å²) < 4.78 is 5.30. The maximum atomic E-state index is 11.2. The number of aryl methyl sites for hydroxylation is 1. The summed E-state index contributed by atoms with van der Waals surface area (Å²) in [5.41, 5.74) is 4.41. The van der Waals surface area contributed by atoms with Crippen molar-refractivity contribution in [3.05, 3.63) is 11.9 Å². The fourth-order valence-corrected chi connectivity index (χ4v) is 1.21. The van der Waals surface area contributed by atoms with Gasteiger partial charge in [-0.15, -0.1) is 0 Å². The van der Waals surface area contributed by atoms with E-state index in [-0.39, 0.29) is 0 Å². The molecule has 1 heterocycles. The lowest BCUT2D eigenvalue weighted by Crippen LogP contribution is -2.45. The van der Waals surface area contributed by atoms with Crippen LogP contribution < -0.4 is 15.8 Å². The molecule has 0 saturated carbocycles. The number of anilines is 1. The SMILES string of the molecule is CCOc1cc(NC(C)(C)C(N)=O)nc(C)n1. The lowest BCUT2D eigenvalue weighted by atomic mass is 10.1. The van der Waals surface area contributed by atoms with E-state index in [2.05, 4.69) is 15.3 Å². The highest BCUT2D eigenvalue weighted by atomic mass is 16.5. The van der Waals surface area contributed by atoms with Gasteiger partial charge >= 0.3 is 0 Å². The molecule has 0 bridgehead atoms. The Kier molecular flexibility index (Phi) is 3.88. The summed E-state index contributed by atoms with van der Waals surface area (Å²) in [6.45, 7) is 7.53. The third kappa shape index (κ3) is 3.58. The molecule has 0 saturated heterocycles. The standard InChI is InChI=1S/C11H18N4O2/c1-5-17-9-6-8(13-7(2)14-9)15-11(3,4)10(12)16/h6H,5H2,1-4H3,(H2,12,16)(H,13,14,15). The Labute approximate surface area is 101 Å². The molecule has 17 heavy (non-hydrogen) atoms. The summed E-state index contributed by atoms with van der Waals surface area (Å²) in [7, 11) is 0. The van der Waals surface area contributed by atoms with Gasteiger partial charge in [-0.1, -0.05) is 0 Å². The molecule has 0 unspecified atom stereocenters. The third-order valence-electron chi connectivity index (χ3n) is 2.16. The molecule has 6 heteroatoms. The van der Waals surface area contributed by atoms with E-state index in [9.17, 15) is 4.79 Å². The van der Waals surface area contributed by atoms with E-state index >= 15 is 0 Å². The molecular weight excluding hydrogens is 220 g/mol. The first-order chi connectivity index (χ1) is 7.85. The van der Waals surface area contributed by atoms with Crippen LogP contribution in [0, 0.1) is 6.92 Å². The van der Waals surface area contributed by atoms with Crippen LogP contribution in [-0.2, 0) is 4.79 Å². The van der Waals surface area contributed by atoms with Gasteiger partial charge < -0.3 is 15.8 Å². The summed E-state index contributed by atoms with van der Waals surface area (Å²) >= 11 is 0. The number of primary amides is 1. The van der Waals surface area contributed by atoms with Crippen LogP contribution in [0.1, 0.15) is 26.6 Å². The van der Waals surface area contributed by atoms with Crippen molar-refractivity contribution in [1.29, 1.82) is 0 Å². The number of nitrogens with one attached hydrogen (secondary N) is 1. The van der Waals surface area contributed by atoms with Crippen LogP contribution >= 0.6 is 0 Å². The van der Waals surface area contributed by atoms with Gasteiger partial charge in [0, 0.05) is 6.07 Å². The van der Waals surface area contributed by atoms with Gasteiger partial charge in [0.1, 0.15) is 17.2 Å². The Morgan fingerprint density at radius 2 is 2.18 bits per heavy atom. The van der Waals surface area contributed by atoms with Crippen LogP contribution in [0.4, 0.5) is 5.82 Å². The second-order valence-electron chi connectivity index (χ2n) is 4.19. The smallest absolute Gasteiger partial charge is 0.242 e. The number of amides is 1. The number of carbonyl (C=O) groups excluding carboxylic acids is 1. The van der Waals surface area contributed by atoms with Gasteiger partial charge in [-0.25, -0.2) is 4.98 Å². The van der Waals surface area contributed by atoms with Crippen molar-refractivity contribution in [3.63, 3.8) is 0 Å². The number of ether oxygens (including phenoxy) is 1. The molecule has 0 aliphatic heterocycles. The second-order valence-corrected chi connectivity index (χ2v) is 4.19. The number of rotatable bonds is 5. The highest BCUT2D eigenvalue weighted by Crippen LogP contribution is 2.17. The Balaban J connectivity index is 2.95. The van der Waals surface area contributed by atoms with Gasteiger partial charge in [0.25, 0.3) is 0 Å². The van der Waals surface area contributed by atoms with Crippen molar-refractivity contribution in [1.82, 2.24) is 9.97 Å². The van der Waals surface area contributed by atoms with Gasteiger partial charge in [0.2, 0.25) is 11.8 Å². The first kappa shape index (κ1) is 13.2. The minimum Gasteiger partial charge on any atom is -0.478 e. The van der Waals surface area contributed by atoms with Gasteiger partial charge in [-0.3, -0.25) is 4.79 Å². The molecule has 1 amide bonds. The number of aromatic nitrogens is 2. The quantitative estimate of drug-likeness (QED) is 0.794. The fraction of sp³-hybridized carbons (Fsp3) is 0.545. The third-order valence-corrected chi connectivity index (χ3v) is 2.16. The predicted molar refractivity (Wildman–Crippen MR) is 64.8 cm³/mol. The van der Waals surface area contributed by atoms with Gasteiger partial charge in [-0.2, -0.15) is 4.98 Å². The minimum atomic E-state index is -0.871. The molecule has 3 N–H and O–H groups in total. The molecular formula is C11H18N4O2. The van der Waals surface area contributed by atoms with E-state index in [0.717, 1.165) is 0 Å². The highest BCUT2D eigenvalue weighted by Gasteiger charge is 2.25. The Morgan fingerprint density at radius 3 is 2.71 bits per heavy atom. The van der Waals surface area contributed by atoms with E-state index in [1.54, 1.807) is 26.8 Å². The maximum absolute atomic E-state index is 11.2. The summed E-state index contributed by atoms with van der Waals surface area (Å²) in [5, 5.41) is 2.95. The summed E-state index contributed by atoms with van der Waals surface area (Å²) in [6, 6.07) is 1.64. The van der Waals surface area contributed by atoms with Crippen molar-refractivity contribution >= 4 is 11.7 Å². The topological polar surface area (TPSA) is 90.1 Å². The molecule has 1 rings (SSSR count). The van der Waals surface area contributed by atoms with Crippen LogP contribution in [0.5, 0.6) is 5.88 Å². The van der Waals surface area contributed by atoms with Crippen molar-refractivity contribution in [2.45, 2.75) is 33.2 Å². The molecule has 0 fully saturated rings. The average Bonchev–Trinajstić information content (AvgIpc) is 2.15. The zero-order valence-electron chi connectivity index (χ0n) is 10.6. The Morgan fingerprint density at radius 1 is 1.53 bits per heavy atom. The molecule has 1 aromatic heterocycles. The molecule has 0 aliphatic rings. The van der Waals surface area contributed by atoms with Gasteiger partial charge in [-0.05, 0) is 27.7 Å². The van der Waals surface area contributed by atoms with E-state index in [0.29, 0.717) is 24.1 Å². The summed E-state index contributed by atoms with van der Waals surface area (Å²) in [4.78, 5) is 19.5. The van der Waals surface area contributed by atoms with Crippen LogP contribution in [0.2, 0.25) is 0 Å². The van der Waals surface area contributed by atoms with Crippen molar-refractivity contribution < 1.29 is 9.53 Å². The fourth-order valence-electron chi connectivity index (χ4n) is 1.21. The normalized spacial score (nSPS) is 11.1. The van der Waals surface area contributed by atoms with Crippen molar-refractivity contribution in [2.24, 2.45) is 5.73 Å². The van der Waals surface area contributed by atoms with Crippen molar-refractivity contribution in [2.75, 3.05) is 11.9 Å². The molecule has 0 atom stereocenters. The average molecular weight is 238 g/mol.